The Labute approximate surface area is 72.4 Å². The minimum absolute atomic E-state index is 0.211. The topological polar surface area (TPSA) is 37.3 Å². The highest BCUT2D eigenvalue weighted by Crippen LogP contribution is 2.10. The van der Waals surface area contributed by atoms with Gasteiger partial charge in [0.15, 0.2) is 6.04 Å². The molecule has 72 valence electrons. The van der Waals surface area contributed by atoms with E-state index in [1.165, 1.54) is 0 Å². The second kappa shape index (κ2) is 4.40. The lowest BCUT2D eigenvalue weighted by Gasteiger charge is -2.34. The van der Waals surface area contributed by atoms with Crippen molar-refractivity contribution < 1.29 is 18.8 Å². The summed E-state index contributed by atoms with van der Waals surface area (Å²) in [5, 5.41) is 8.80. The van der Waals surface area contributed by atoms with E-state index in [2.05, 4.69) is 0 Å². The van der Waals surface area contributed by atoms with Crippen molar-refractivity contribution in [2.24, 2.45) is 0 Å². The zero-order valence-electron chi connectivity index (χ0n) is 7.88. The predicted octanol–water partition coefficient (Wildman–Crippen LogP) is 0.896. The van der Waals surface area contributed by atoms with Crippen LogP contribution in [0.2, 0.25) is 0 Å². The van der Waals surface area contributed by atoms with Crippen LogP contribution in [0.3, 0.4) is 0 Å². The molecule has 0 saturated carbocycles. The summed E-state index contributed by atoms with van der Waals surface area (Å²) in [5.74, 6) is -0.851. The first-order valence-electron chi connectivity index (χ1n) is 4.07. The van der Waals surface area contributed by atoms with E-state index in [0.29, 0.717) is 6.42 Å². The average Bonchev–Trinajstić information content (AvgIpc) is 1.86. The lowest BCUT2D eigenvalue weighted by Crippen LogP contribution is -2.53. The van der Waals surface area contributed by atoms with E-state index in [0.717, 1.165) is 0 Å². The van der Waals surface area contributed by atoms with Crippen LogP contribution in [0.1, 0.15) is 13.3 Å². The average molecular weight is 178 g/mol. The largest absolute Gasteiger partial charge is 0.477 e. The fourth-order valence-corrected chi connectivity index (χ4v) is 1.34. The molecule has 1 atom stereocenters. The second-order valence-corrected chi connectivity index (χ2v) is 3.45. The number of hydrogen-bond acceptors (Lipinski definition) is 1. The number of quaternary nitrogens is 1. The maximum Gasteiger partial charge on any atom is 0.362 e. The van der Waals surface area contributed by atoms with Gasteiger partial charge >= 0.3 is 5.97 Å². The number of aliphatic carboxylic acids is 1. The van der Waals surface area contributed by atoms with Crippen LogP contribution in [0, 0.1) is 0 Å². The maximum absolute atomic E-state index is 12.0. The van der Waals surface area contributed by atoms with Crippen LogP contribution in [0.5, 0.6) is 0 Å². The number of carboxylic acids is 1. The zero-order chi connectivity index (χ0) is 9.78. The van der Waals surface area contributed by atoms with E-state index in [-0.39, 0.29) is 11.0 Å². The first-order chi connectivity index (χ1) is 5.45. The smallest absolute Gasteiger partial charge is 0.362 e. The van der Waals surface area contributed by atoms with Crippen molar-refractivity contribution in [2.75, 3.05) is 27.3 Å². The normalized spacial score (nSPS) is 14.3. The number of hydrogen-bond donors (Lipinski definition) is 1. The van der Waals surface area contributed by atoms with Crippen molar-refractivity contribution in [1.82, 2.24) is 0 Å². The number of alkyl halides is 1. The van der Waals surface area contributed by atoms with Crippen molar-refractivity contribution in [3.8, 4) is 0 Å². The third kappa shape index (κ3) is 2.77. The fourth-order valence-electron chi connectivity index (χ4n) is 1.34. The van der Waals surface area contributed by atoms with E-state index in [1.807, 2.05) is 0 Å². The third-order valence-corrected chi connectivity index (χ3v) is 2.18. The van der Waals surface area contributed by atoms with Crippen molar-refractivity contribution >= 4 is 5.97 Å². The van der Waals surface area contributed by atoms with Crippen LogP contribution < -0.4 is 0 Å². The molecule has 0 aromatic rings. The summed E-state index contributed by atoms with van der Waals surface area (Å²) in [6.45, 7) is 1.58. The molecule has 0 aliphatic heterocycles. The molecule has 0 aliphatic rings. The molecule has 0 fully saturated rings. The molecule has 1 unspecified atom stereocenters. The van der Waals surface area contributed by atoms with Crippen LogP contribution in [0.25, 0.3) is 0 Å². The van der Waals surface area contributed by atoms with Gasteiger partial charge in [0.2, 0.25) is 0 Å². The quantitative estimate of drug-likeness (QED) is 0.635. The molecule has 0 rings (SSSR count). The molecule has 0 bridgehead atoms. The fraction of sp³-hybridized carbons (Fsp3) is 0.875. The number of carbonyl (C=O) groups is 1. The molecule has 1 N–H and O–H groups in total. The molecular weight excluding hydrogens is 161 g/mol. The summed E-state index contributed by atoms with van der Waals surface area (Å²) in [5.41, 5.74) is 0. The molecule has 0 amide bonds. The van der Waals surface area contributed by atoms with Crippen molar-refractivity contribution in [3.63, 3.8) is 0 Å². The molecule has 0 spiro atoms. The van der Waals surface area contributed by atoms with Gasteiger partial charge in [-0.1, -0.05) is 6.92 Å². The van der Waals surface area contributed by atoms with Gasteiger partial charge in [-0.3, -0.25) is 0 Å². The van der Waals surface area contributed by atoms with Crippen LogP contribution in [-0.2, 0) is 4.79 Å². The Morgan fingerprint density at radius 2 is 2.08 bits per heavy atom. The number of nitrogens with zero attached hydrogens (tertiary/aromatic N) is 1. The molecule has 12 heavy (non-hydrogen) atoms. The Kier molecular flexibility index (Phi) is 4.17. The summed E-state index contributed by atoms with van der Waals surface area (Å²) >= 11 is 0. The van der Waals surface area contributed by atoms with Crippen LogP contribution in [-0.4, -0.2) is 48.9 Å². The lowest BCUT2D eigenvalue weighted by molar-refractivity contribution is -0.906. The Balaban J connectivity index is 4.36. The summed E-state index contributed by atoms with van der Waals surface area (Å²) in [4.78, 5) is 10.7. The summed E-state index contributed by atoms with van der Waals surface area (Å²) in [6, 6.07) is -0.499. The second-order valence-electron chi connectivity index (χ2n) is 3.45. The van der Waals surface area contributed by atoms with E-state index in [9.17, 15) is 9.18 Å². The highest BCUT2D eigenvalue weighted by molar-refractivity contribution is 5.72. The van der Waals surface area contributed by atoms with Crippen LogP contribution >= 0.6 is 0 Å². The SMILES string of the molecule is CCC(C(=O)O)[N+](C)(C)CCF. The molecule has 4 heteroatoms. The molecule has 3 nitrogen and oxygen atoms in total. The minimum Gasteiger partial charge on any atom is -0.477 e. The van der Waals surface area contributed by atoms with E-state index in [1.54, 1.807) is 21.0 Å². The molecular formula is C8H17FNO2+. The van der Waals surface area contributed by atoms with Crippen molar-refractivity contribution in [1.29, 1.82) is 0 Å². The molecule has 0 aliphatic carbocycles. The predicted molar refractivity (Wildman–Crippen MR) is 44.7 cm³/mol. The van der Waals surface area contributed by atoms with E-state index in [4.69, 9.17) is 5.11 Å². The monoisotopic (exact) mass is 178 g/mol. The third-order valence-electron chi connectivity index (χ3n) is 2.18. The Morgan fingerprint density at radius 3 is 2.33 bits per heavy atom. The maximum atomic E-state index is 12.0. The number of likely N-dealkylation sites (N-methyl/N-ethyl adjacent to an activating group) is 1. The molecule has 0 saturated heterocycles. The lowest BCUT2D eigenvalue weighted by atomic mass is 10.1. The first kappa shape index (κ1) is 11.4. The number of carboxylic acid groups (broad SMARTS) is 1. The van der Waals surface area contributed by atoms with Gasteiger partial charge in [0.25, 0.3) is 0 Å². The van der Waals surface area contributed by atoms with Crippen LogP contribution in [0.4, 0.5) is 4.39 Å². The van der Waals surface area contributed by atoms with Crippen molar-refractivity contribution in [3.05, 3.63) is 0 Å². The first-order valence-corrected chi connectivity index (χ1v) is 4.07. The van der Waals surface area contributed by atoms with Gasteiger partial charge in [0.1, 0.15) is 13.2 Å². The molecule has 0 radical (unpaired) electrons. The van der Waals surface area contributed by atoms with Gasteiger partial charge < -0.3 is 9.59 Å². The Morgan fingerprint density at radius 1 is 1.58 bits per heavy atom. The summed E-state index contributed by atoms with van der Waals surface area (Å²) in [6.07, 6.45) is 0.530. The highest BCUT2D eigenvalue weighted by Gasteiger charge is 2.32. The molecule has 0 heterocycles. The molecule has 0 aromatic heterocycles. The van der Waals surface area contributed by atoms with Gasteiger partial charge in [-0.05, 0) is 0 Å². The number of rotatable bonds is 5. The Bertz CT molecular complexity index is 159. The van der Waals surface area contributed by atoms with E-state index >= 15 is 0 Å². The zero-order valence-corrected chi connectivity index (χ0v) is 7.88. The Hall–Kier alpha value is -0.640. The summed E-state index contributed by atoms with van der Waals surface area (Å²) in [7, 11) is 3.48. The van der Waals surface area contributed by atoms with Crippen LogP contribution in [0.15, 0.2) is 0 Å². The standard InChI is InChI=1S/C8H16FNO2/c1-4-7(8(11)12)10(2,3)6-5-9/h7H,4-6H2,1-3H3/p+1. The highest BCUT2D eigenvalue weighted by atomic mass is 19.1. The van der Waals surface area contributed by atoms with Crippen molar-refractivity contribution in [2.45, 2.75) is 19.4 Å². The summed E-state index contributed by atoms with van der Waals surface area (Å²) < 4.78 is 12.3. The van der Waals surface area contributed by atoms with Gasteiger partial charge in [-0.2, -0.15) is 0 Å². The van der Waals surface area contributed by atoms with Gasteiger partial charge in [0, 0.05) is 6.42 Å². The van der Waals surface area contributed by atoms with Gasteiger partial charge in [0.05, 0.1) is 14.1 Å². The van der Waals surface area contributed by atoms with Gasteiger partial charge in [-0.25, -0.2) is 9.18 Å². The van der Waals surface area contributed by atoms with Gasteiger partial charge in [-0.15, -0.1) is 0 Å². The number of halogens is 1. The van der Waals surface area contributed by atoms with E-state index < -0.39 is 18.7 Å². The molecule has 0 aromatic carbocycles. The minimum atomic E-state index is -0.851.